The van der Waals surface area contributed by atoms with Crippen LogP contribution in [-0.2, 0) is 0 Å². The van der Waals surface area contributed by atoms with Crippen LogP contribution in [0.15, 0.2) is 12.3 Å². The first-order chi connectivity index (χ1) is 7.67. The SMILES string of the molecule is CCC(CC)C(O)CNc1cc(C)cnn1. The van der Waals surface area contributed by atoms with Crippen molar-refractivity contribution < 1.29 is 5.11 Å². The molecule has 1 unspecified atom stereocenters. The van der Waals surface area contributed by atoms with Crippen LogP contribution in [0.3, 0.4) is 0 Å². The summed E-state index contributed by atoms with van der Waals surface area (Å²) >= 11 is 0. The van der Waals surface area contributed by atoms with Crippen molar-refractivity contribution in [1.29, 1.82) is 0 Å². The normalized spacial score (nSPS) is 12.8. The molecule has 0 aromatic carbocycles. The van der Waals surface area contributed by atoms with E-state index in [9.17, 15) is 5.11 Å². The molecule has 1 atom stereocenters. The van der Waals surface area contributed by atoms with E-state index in [1.165, 1.54) is 0 Å². The van der Waals surface area contributed by atoms with Gasteiger partial charge in [-0.05, 0) is 24.5 Å². The van der Waals surface area contributed by atoms with Gasteiger partial charge in [-0.2, -0.15) is 5.10 Å². The first-order valence-electron chi connectivity index (χ1n) is 5.88. The van der Waals surface area contributed by atoms with Crippen molar-refractivity contribution >= 4 is 5.82 Å². The Hall–Kier alpha value is -1.16. The quantitative estimate of drug-likeness (QED) is 0.774. The number of aliphatic hydroxyl groups excluding tert-OH is 1. The summed E-state index contributed by atoms with van der Waals surface area (Å²) in [5.41, 5.74) is 1.06. The highest BCUT2D eigenvalue weighted by molar-refractivity contribution is 5.35. The van der Waals surface area contributed by atoms with Crippen LogP contribution in [-0.4, -0.2) is 28.0 Å². The lowest BCUT2D eigenvalue weighted by atomic mass is 9.96. The molecule has 1 rings (SSSR count). The molecule has 90 valence electrons. The number of rotatable bonds is 6. The zero-order valence-corrected chi connectivity index (χ0v) is 10.3. The van der Waals surface area contributed by atoms with Gasteiger partial charge in [0.25, 0.3) is 0 Å². The average Bonchev–Trinajstić information content (AvgIpc) is 2.28. The topological polar surface area (TPSA) is 58.0 Å². The van der Waals surface area contributed by atoms with Gasteiger partial charge in [-0.25, -0.2) is 0 Å². The van der Waals surface area contributed by atoms with E-state index in [4.69, 9.17) is 0 Å². The van der Waals surface area contributed by atoms with E-state index in [2.05, 4.69) is 29.4 Å². The lowest BCUT2D eigenvalue weighted by molar-refractivity contribution is 0.114. The van der Waals surface area contributed by atoms with Crippen LogP contribution >= 0.6 is 0 Å². The molecule has 1 aromatic heterocycles. The molecule has 16 heavy (non-hydrogen) atoms. The van der Waals surface area contributed by atoms with Gasteiger partial charge in [-0.1, -0.05) is 26.7 Å². The fourth-order valence-corrected chi connectivity index (χ4v) is 1.76. The molecule has 1 heterocycles. The molecule has 0 radical (unpaired) electrons. The van der Waals surface area contributed by atoms with E-state index in [0.717, 1.165) is 24.2 Å². The molecule has 0 fully saturated rings. The smallest absolute Gasteiger partial charge is 0.148 e. The second-order valence-electron chi connectivity index (χ2n) is 4.14. The lowest BCUT2D eigenvalue weighted by Crippen LogP contribution is -2.28. The molecule has 0 aliphatic carbocycles. The zero-order valence-electron chi connectivity index (χ0n) is 10.3. The Labute approximate surface area is 97.1 Å². The zero-order chi connectivity index (χ0) is 12.0. The van der Waals surface area contributed by atoms with E-state index in [0.29, 0.717) is 12.5 Å². The van der Waals surface area contributed by atoms with Gasteiger partial charge in [-0.15, -0.1) is 5.10 Å². The number of aryl methyl sites for hydroxylation is 1. The van der Waals surface area contributed by atoms with Crippen molar-refractivity contribution in [3.8, 4) is 0 Å². The highest BCUT2D eigenvalue weighted by atomic mass is 16.3. The highest BCUT2D eigenvalue weighted by Crippen LogP contribution is 2.13. The predicted octanol–water partition coefficient (Wildman–Crippen LogP) is 1.99. The van der Waals surface area contributed by atoms with Gasteiger partial charge in [0.1, 0.15) is 5.82 Å². The second kappa shape index (κ2) is 6.43. The molecule has 0 saturated carbocycles. The van der Waals surface area contributed by atoms with E-state index in [1.54, 1.807) is 6.20 Å². The summed E-state index contributed by atoms with van der Waals surface area (Å²) in [6.45, 7) is 6.70. The maximum atomic E-state index is 9.93. The summed E-state index contributed by atoms with van der Waals surface area (Å²) in [7, 11) is 0. The summed E-state index contributed by atoms with van der Waals surface area (Å²) in [5.74, 6) is 1.08. The van der Waals surface area contributed by atoms with Crippen LogP contribution < -0.4 is 5.32 Å². The number of aliphatic hydroxyl groups is 1. The molecule has 4 heteroatoms. The van der Waals surface area contributed by atoms with Crippen LogP contribution in [0, 0.1) is 12.8 Å². The molecule has 0 bridgehead atoms. The third-order valence-electron chi connectivity index (χ3n) is 2.88. The lowest BCUT2D eigenvalue weighted by Gasteiger charge is -2.20. The fourth-order valence-electron chi connectivity index (χ4n) is 1.76. The third kappa shape index (κ3) is 3.77. The van der Waals surface area contributed by atoms with Gasteiger partial charge < -0.3 is 10.4 Å². The minimum Gasteiger partial charge on any atom is -0.391 e. The van der Waals surface area contributed by atoms with E-state index in [-0.39, 0.29) is 6.10 Å². The molecule has 0 aliphatic rings. The Morgan fingerprint density at radius 2 is 2.06 bits per heavy atom. The Morgan fingerprint density at radius 3 is 2.62 bits per heavy atom. The number of anilines is 1. The van der Waals surface area contributed by atoms with Crippen LogP contribution in [0.1, 0.15) is 32.3 Å². The number of aromatic nitrogens is 2. The molecular formula is C12H21N3O. The Balaban J connectivity index is 2.45. The average molecular weight is 223 g/mol. The van der Waals surface area contributed by atoms with E-state index in [1.807, 2.05) is 13.0 Å². The van der Waals surface area contributed by atoms with Crippen molar-refractivity contribution in [2.75, 3.05) is 11.9 Å². The second-order valence-corrected chi connectivity index (χ2v) is 4.14. The minimum atomic E-state index is -0.322. The van der Waals surface area contributed by atoms with Crippen molar-refractivity contribution in [3.05, 3.63) is 17.8 Å². The summed E-state index contributed by atoms with van der Waals surface area (Å²) in [6.07, 6.45) is 3.39. The molecule has 0 aliphatic heterocycles. The first kappa shape index (κ1) is 12.9. The molecule has 0 saturated heterocycles. The molecule has 2 N–H and O–H groups in total. The monoisotopic (exact) mass is 223 g/mol. The molecule has 4 nitrogen and oxygen atoms in total. The summed E-state index contributed by atoms with van der Waals surface area (Å²) in [5, 5.41) is 20.8. The molecule has 0 spiro atoms. The van der Waals surface area contributed by atoms with Gasteiger partial charge in [-0.3, -0.25) is 0 Å². The largest absolute Gasteiger partial charge is 0.391 e. The summed E-state index contributed by atoms with van der Waals surface area (Å²) < 4.78 is 0. The molecular weight excluding hydrogens is 202 g/mol. The van der Waals surface area contributed by atoms with Gasteiger partial charge in [0, 0.05) is 6.54 Å². The van der Waals surface area contributed by atoms with Crippen molar-refractivity contribution in [3.63, 3.8) is 0 Å². The minimum absolute atomic E-state index is 0.322. The Morgan fingerprint density at radius 1 is 1.38 bits per heavy atom. The summed E-state index contributed by atoms with van der Waals surface area (Å²) in [4.78, 5) is 0. The van der Waals surface area contributed by atoms with Gasteiger partial charge in [0.2, 0.25) is 0 Å². The van der Waals surface area contributed by atoms with Crippen molar-refractivity contribution in [2.24, 2.45) is 5.92 Å². The number of nitrogens with one attached hydrogen (secondary N) is 1. The Kier molecular flexibility index (Phi) is 5.19. The van der Waals surface area contributed by atoms with E-state index < -0.39 is 0 Å². The van der Waals surface area contributed by atoms with Crippen molar-refractivity contribution in [2.45, 2.75) is 39.7 Å². The number of hydrogen-bond acceptors (Lipinski definition) is 4. The van der Waals surface area contributed by atoms with Gasteiger partial charge in [0.05, 0.1) is 12.3 Å². The first-order valence-corrected chi connectivity index (χ1v) is 5.88. The maximum Gasteiger partial charge on any atom is 0.148 e. The third-order valence-corrected chi connectivity index (χ3v) is 2.88. The van der Waals surface area contributed by atoms with Crippen LogP contribution in [0.5, 0.6) is 0 Å². The molecule has 0 amide bonds. The van der Waals surface area contributed by atoms with Crippen LogP contribution in [0.4, 0.5) is 5.82 Å². The number of nitrogens with zero attached hydrogens (tertiary/aromatic N) is 2. The van der Waals surface area contributed by atoms with Gasteiger partial charge >= 0.3 is 0 Å². The molecule has 1 aromatic rings. The number of hydrogen-bond donors (Lipinski definition) is 2. The van der Waals surface area contributed by atoms with E-state index >= 15 is 0 Å². The summed E-state index contributed by atoms with van der Waals surface area (Å²) in [6, 6.07) is 1.92. The standard InChI is InChI=1S/C12H21N3O/c1-4-10(5-2)11(16)8-13-12-6-9(3)7-14-15-12/h6-7,10-11,16H,4-5,8H2,1-3H3,(H,13,15). The van der Waals surface area contributed by atoms with Crippen LogP contribution in [0.25, 0.3) is 0 Å². The Bertz CT molecular complexity index is 313. The maximum absolute atomic E-state index is 9.93. The van der Waals surface area contributed by atoms with Gasteiger partial charge in [0.15, 0.2) is 0 Å². The van der Waals surface area contributed by atoms with Crippen LogP contribution in [0.2, 0.25) is 0 Å². The highest BCUT2D eigenvalue weighted by Gasteiger charge is 2.14. The fraction of sp³-hybridized carbons (Fsp3) is 0.667. The predicted molar refractivity (Wildman–Crippen MR) is 65.3 cm³/mol. The van der Waals surface area contributed by atoms with Crippen molar-refractivity contribution in [1.82, 2.24) is 10.2 Å².